The number of aliphatic imine (C=N–C) groups is 1. The summed E-state index contributed by atoms with van der Waals surface area (Å²) in [4.78, 5) is 6.62. The smallest absolute Gasteiger partial charge is 0.164 e. The van der Waals surface area contributed by atoms with Crippen LogP contribution in [0.5, 0.6) is 5.75 Å². The predicted octanol–water partition coefficient (Wildman–Crippen LogP) is 3.87. The van der Waals surface area contributed by atoms with E-state index >= 15 is 0 Å². The Morgan fingerprint density at radius 1 is 1.29 bits per heavy atom. The minimum atomic E-state index is -3.13. The molecule has 2 atom stereocenters. The van der Waals surface area contributed by atoms with Gasteiger partial charge in [-0.05, 0) is 29.8 Å². The van der Waals surface area contributed by atoms with E-state index in [0.717, 1.165) is 5.69 Å². The van der Waals surface area contributed by atoms with Crippen LogP contribution in [0.25, 0.3) is 0 Å². The number of fused-ring (bicyclic) bond motifs is 1. The molecule has 9 heteroatoms. The number of rotatable bonds is 4. The van der Waals surface area contributed by atoms with Gasteiger partial charge in [-0.25, -0.2) is 12.8 Å². The molecule has 0 aromatic heterocycles. The maximum atomic E-state index is 14.2. The summed E-state index contributed by atoms with van der Waals surface area (Å²) in [6, 6.07) is 11.9. The Morgan fingerprint density at radius 3 is 2.82 bits per heavy atom. The maximum absolute atomic E-state index is 14.2. The number of sulfone groups is 1. The van der Waals surface area contributed by atoms with Gasteiger partial charge in [0.25, 0.3) is 0 Å². The zero-order valence-electron chi connectivity index (χ0n) is 15.0. The molecule has 0 spiro atoms. The van der Waals surface area contributed by atoms with Crippen LogP contribution in [0.4, 0.5) is 10.1 Å². The van der Waals surface area contributed by atoms with Crippen LogP contribution < -0.4 is 9.64 Å². The van der Waals surface area contributed by atoms with Crippen LogP contribution in [0.3, 0.4) is 0 Å². The van der Waals surface area contributed by atoms with Gasteiger partial charge in [-0.15, -0.1) is 0 Å². The minimum Gasteiger partial charge on any atom is -0.495 e. The Bertz CT molecular complexity index is 1050. The third-order valence-corrected chi connectivity index (χ3v) is 8.03. The van der Waals surface area contributed by atoms with E-state index in [9.17, 15) is 12.8 Å². The number of benzene rings is 2. The first-order valence-corrected chi connectivity index (χ1v) is 12.2. The van der Waals surface area contributed by atoms with E-state index < -0.39 is 9.84 Å². The van der Waals surface area contributed by atoms with Gasteiger partial charge in [-0.3, -0.25) is 4.99 Å². The number of thioether (sulfide) groups is 1. The van der Waals surface area contributed by atoms with E-state index in [1.165, 1.54) is 17.8 Å². The van der Waals surface area contributed by atoms with E-state index in [1.807, 2.05) is 29.2 Å². The van der Waals surface area contributed by atoms with E-state index in [4.69, 9.17) is 4.74 Å². The fraction of sp³-hybridized carbons (Fsp3) is 0.316. The summed E-state index contributed by atoms with van der Waals surface area (Å²) in [6.45, 7) is 0. The van der Waals surface area contributed by atoms with Crippen molar-refractivity contribution in [3.05, 3.63) is 58.3 Å². The summed E-state index contributed by atoms with van der Waals surface area (Å²) >= 11 is 4.67. The molecular formula is C19H18BrFN2O3S2. The first-order valence-electron chi connectivity index (χ1n) is 8.65. The molecule has 0 unspecified atom stereocenters. The fourth-order valence-corrected chi connectivity index (χ4v) is 6.80. The molecule has 4 rings (SSSR count). The Morgan fingerprint density at radius 2 is 2.07 bits per heavy atom. The number of ether oxygens (including phenoxy) is 1. The van der Waals surface area contributed by atoms with Gasteiger partial charge in [0.15, 0.2) is 15.0 Å². The van der Waals surface area contributed by atoms with Crippen LogP contribution >= 0.6 is 27.7 Å². The highest BCUT2D eigenvalue weighted by Gasteiger charge is 2.47. The van der Waals surface area contributed by atoms with E-state index in [1.54, 1.807) is 19.2 Å². The van der Waals surface area contributed by atoms with Gasteiger partial charge in [-0.2, -0.15) is 0 Å². The summed E-state index contributed by atoms with van der Waals surface area (Å²) in [5.74, 6) is 0.855. The largest absolute Gasteiger partial charge is 0.495 e. The number of para-hydroxylation sites is 2. The van der Waals surface area contributed by atoms with Gasteiger partial charge >= 0.3 is 0 Å². The predicted molar refractivity (Wildman–Crippen MR) is 115 cm³/mol. The number of anilines is 1. The van der Waals surface area contributed by atoms with Crippen molar-refractivity contribution in [3.8, 4) is 5.75 Å². The molecule has 5 nitrogen and oxygen atoms in total. The van der Waals surface area contributed by atoms with Gasteiger partial charge in [0, 0.05) is 10.2 Å². The lowest BCUT2D eigenvalue weighted by Crippen LogP contribution is -2.39. The normalized spacial score (nSPS) is 22.8. The van der Waals surface area contributed by atoms with Crippen LogP contribution in [0.2, 0.25) is 0 Å². The average molecular weight is 485 g/mol. The first kappa shape index (κ1) is 19.7. The Hall–Kier alpha value is -1.58. The number of hydrogen-bond acceptors (Lipinski definition) is 6. The molecule has 0 aliphatic carbocycles. The van der Waals surface area contributed by atoms with Crippen LogP contribution in [0, 0.1) is 5.82 Å². The van der Waals surface area contributed by atoms with Crippen molar-refractivity contribution in [1.29, 1.82) is 0 Å². The number of amidine groups is 1. The summed E-state index contributed by atoms with van der Waals surface area (Å²) in [7, 11) is -1.55. The molecule has 0 radical (unpaired) electrons. The van der Waals surface area contributed by atoms with Crippen molar-refractivity contribution in [1.82, 2.24) is 0 Å². The molecule has 0 bridgehead atoms. The molecular weight excluding hydrogens is 467 g/mol. The topological polar surface area (TPSA) is 59.0 Å². The van der Waals surface area contributed by atoms with Crippen molar-refractivity contribution in [2.45, 2.75) is 17.8 Å². The van der Waals surface area contributed by atoms with E-state index in [2.05, 4.69) is 20.9 Å². The van der Waals surface area contributed by atoms with E-state index in [-0.39, 0.29) is 29.4 Å². The molecule has 148 valence electrons. The van der Waals surface area contributed by atoms with Crippen molar-refractivity contribution in [2.75, 3.05) is 23.5 Å². The van der Waals surface area contributed by atoms with Crippen molar-refractivity contribution >= 4 is 48.4 Å². The lowest BCUT2D eigenvalue weighted by molar-refractivity contribution is 0.415. The van der Waals surface area contributed by atoms with Gasteiger partial charge in [-0.1, -0.05) is 45.9 Å². The van der Waals surface area contributed by atoms with E-state index in [0.29, 0.717) is 26.7 Å². The Balaban J connectivity index is 1.66. The molecule has 0 N–H and O–H groups in total. The highest BCUT2D eigenvalue weighted by Crippen LogP contribution is 2.40. The molecule has 1 fully saturated rings. The number of nitrogens with zero attached hydrogens (tertiary/aromatic N) is 2. The van der Waals surface area contributed by atoms with Crippen molar-refractivity contribution in [3.63, 3.8) is 0 Å². The molecule has 0 amide bonds. The fourth-order valence-electron chi connectivity index (χ4n) is 3.52. The van der Waals surface area contributed by atoms with Crippen LogP contribution in [-0.4, -0.2) is 44.3 Å². The highest BCUT2D eigenvalue weighted by molar-refractivity contribution is 9.10. The van der Waals surface area contributed by atoms with Gasteiger partial charge in [0.1, 0.15) is 11.6 Å². The minimum absolute atomic E-state index is 0.0417. The molecule has 0 saturated carbocycles. The Labute approximate surface area is 176 Å². The molecule has 2 aromatic rings. The van der Waals surface area contributed by atoms with Gasteiger partial charge in [0.05, 0.1) is 36.4 Å². The average Bonchev–Trinajstić information content (AvgIpc) is 3.12. The second kappa shape index (κ2) is 7.68. The third-order valence-electron chi connectivity index (χ3n) is 4.82. The standard InChI is InChI=1S/C19H18BrFN2O3S2/c1-26-18-5-3-2-4-16(18)23-17-11-28(24,25)10-15(17)22-19(23)27-9-12-6-7-13(20)8-14(12)21/h2-8,15,17H,9-11H2,1H3/t15-,17-/m1/s1. The molecule has 2 aliphatic heterocycles. The molecule has 2 aliphatic rings. The second-order valence-electron chi connectivity index (χ2n) is 6.69. The molecule has 2 heterocycles. The zero-order valence-corrected chi connectivity index (χ0v) is 18.2. The third kappa shape index (κ3) is 3.79. The second-order valence-corrected chi connectivity index (χ2v) is 10.7. The number of halogens is 2. The van der Waals surface area contributed by atoms with Crippen molar-refractivity contribution in [2.24, 2.45) is 4.99 Å². The number of hydrogen-bond donors (Lipinski definition) is 0. The maximum Gasteiger partial charge on any atom is 0.164 e. The molecule has 1 saturated heterocycles. The van der Waals surface area contributed by atoms with Crippen molar-refractivity contribution < 1.29 is 17.5 Å². The van der Waals surface area contributed by atoms with Crippen LogP contribution in [0.15, 0.2) is 51.9 Å². The quantitative estimate of drug-likeness (QED) is 0.658. The monoisotopic (exact) mass is 484 g/mol. The summed E-state index contributed by atoms with van der Waals surface area (Å²) in [6.07, 6.45) is 0. The Kier molecular flexibility index (Phi) is 5.41. The zero-order chi connectivity index (χ0) is 19.9. The first-order chi connectivity index (χ1) is 13.4. The lowest BCUT2D eigenvalue weighted by Gasteiger charge is -2.27. The molecule has 2 aromatic carbocycles. The summed E-state index contributed by atoms with van der Waals surface area (Å²) in [5.41, 5.74) is 1.35. The van der Waals surface area contributed by atoms with Crippen LogP contribution in [0.1, 0.15) is 5.56 Å². The number of methoxy groups -OCH3 is 1. The van der Waals surface area contributed by atoms with Crippen LogP contribution in [-0.2, 0) is 15.6 Å². The summed E-state index contributed by atoms with van der Waals surface area (Å²) < 4.78 is 44.7. The SMILES string of the molecule is COc1ccccc1N1C(SCc2ccc(Br)cc2F)=N[C@@H]2CS(=O)(=O)C[C@H]21. The van der Waals surface area contributed by atoms with Gasteiger partial charge in [0.2, 0.25) is 0 Å². The van der Waals surface area contributed by atoms with Gasteiger partial charge < -0.3 is 9.64 Å². The molecule has 28 heavy (non-hydrogen) atoms. The lowest BCUT2D eigenvalue weighted by atomic mass is 10.1. The summed E-state index contributed by atoms with van der Waals surface area (Å²) in [5, 5.41) is 0.691. The highest BCUT2D eigenvalue weighted by atomic mass is 79.9.